The standard InChI is InChI=1S/C17H25N5O.ClH/c1-4-18-11-14-6-5-7-15(10-14)19-17(23)16-12-22(21-20-16)9-8-13(2)3;/h5-7,10,12-13,18H,4,8-9,11H2,1-3H3,(H,19,23);1H. The minimum atomic E-state index is -0.235. The Bertz CT molecular complexity index is 641. The Balaban J connectivity index is 0.00000288. The molecule has 0 bridgehead atoms. The van der Waals surface area contributed by atoms with Gasteiger partial charge in [-0.15, -0.1) is 17.5 Å². The van der Waals surface area contributed by atoms with Crippen molar-refractivity contribution >= 4 is 24.0 Å². The smallest absolute Gasteiger partial charge is 0.277 e. The zero-order valence-electron chi connectivity index (χ0n) is 14.5. The first kappa shape index (κ1) is 20.1. The van der Waals surface area contributed by atoms with E-state index in [0.717, 1.165) is 37.3 Å². The van der Waals surface area contributed by atoms with Gasteiger partial charge in [-0.2, -0.15) is 0 Å². The fourth-order valence-electron chi connectivity index (χ4n) is 2.13. The molecule has 0 fully saturated rings. The molecule has 0 aliphatic rings. The number of hydrogen-bond acceptors (Lipinski definition) is 4. The summed E-state index contributed by atoms with van der Waals surface area (Å²) in [5.74, 6) is 0.359. The van der Waals surface area contributed by atoms with Crippen LogP contribution < -0.4 is 10.6 Å². The summed E-state index contributed by atoms with van der Waals surface area (Å²) >= 11 is 0. The van der Waals surface area contributed by atoms with Crippen molar-refractivity contribution in [2.75, 3.05) is 11.9 Å². The first-order chi connectivity index (χ1) is 11.1. The SMILES string of the molecule is CCNCc1cccc(NC(=O)c2cn(CCC(C)C)nn2)c1.Cl. The highest BCUT2D eigenvalue weighted by atomic mass is 35.5. The summed E-state index contributed by atoms with van der Waals surface area (Å²) in [4.78, 5) is 12.2. The molecule has 2 rings (SSSR count). The molecule has 0 aliphatic heterocycles. The molecule has 1 aromatic heterocycles. The number of anilines is 1. The Morgan fingerprint density at radius 2 is 2.12 bits per heavy atom. The van der Waals surface area contributed by atoms with Crippen molar-refractivity contribution in [2.45, 2.75) is 40.3 Å². The lowest BCUT2D eigenvalue weighted by Crippen LogP contribution is -2.14. The average Bonchev–Trinajstić information content (AvgIpc) is 3.00. The maximum absolute atomic E-state index is 12.2. The minimum absolute atomic E-state index is 0. The molecule has 1 aromatic carbocycles. The van der Waals surface area contributed by atoms with E-state index in [2.05, 4.69) is 41.7 Å². The summed E-state index contributed by atoms with van der Waals surface area (Å²) in [6.45, 7) is 8.85. The molecule has 7 heteroatoms. The topological polar surface area (TPSA) is 71.8 Å². The molecule has 0 saturated carbocycles. The van der Waals surface area contributed by atoms with E-state index in [1.54, 1.807) is 10.9 Å². The van der Waals surface area contributed by atoms with Gasteiger partial charge < -0.3 is 10.6 Å². The second kappa shape index (κ2) is 10.1. The Kier molecular flexibility index (Phi) is 8.43. The molecule has 132 valence electrons. The molecule has 2 aromatic rings. The predicted octanol–water partition coefficient (Wildman–Crippen LogP) is 3.11. The van der Waals surface area contributed by atoms with Crippen molar-refractivity contribution in [3.63, 3.8) is 0 Å². The molecule has 0 saturated heterocycles. The summed E-state index contributed by atoms with van der Waals surface area (Å²) in [7, 11) is 0. The number of carbonyl (C=O) groups excluding carboxylic acids is 1. The normalized spacial score (nSPS) is 10.5. The van der Waals surface area contributed by atoms with Gasteiger partial charge in [-0.1, -0.05) is 38.1 Å². The molecule has 6 nitrogen and oxygen atoms in total. The van der Waals surface area contributed by atoms with E-state index in [1.165, 1.54) is 0 Å². The summed E-state index contributed by atoms with van der Waals surface area (Å²) in [6, 6.07) is 7.79. The molecule has 1 heterocycles. The van der Waals surface area contributed by atoms with Crippen molar-refractivity contribution in [1.29, 1.82) is 0 Å². The maximum Gasteiger partial charge on any atom is 0.277 e. The second-order valence-electron chi connectivity index (χ2n) is 5.98. The van der Waals surface area contributed by atoms with Gasteiger partial charge in [0.05, 0.1) is 6.20 Å². The van der Waals surface area contributed by atoms with Crippen molar-refractivity contribution in [2.24, 2.45) is 5.92 Å². The molecule has 1 amide bonds. The number of nitrogens with zero attached hydrogens (tertiary/aromatic N) is 3. The second-order valence-corrected chi connectivity index (χ2v) is 5.98. The van der Waals surface area contributed by atoms with Gasteiger partial charge >= 0.3 is 0 Å². The molecule has 2 N–H and O–H groups in total. The Morgan fingerprint density at radius 1 is 1.33 bits per heavy atom. The van der Waals surface area contributed by atoms with E-state index in [4.69, 9.17) is 0 Å². The van der Waals surface area contributed by atoms with Gasteiger partial charge in [0.1, 0.15) is 0 Å². The molecule has 0 radical (unpaired) electrons. The summed E-state index contributed by atoms with van der Waals surface area (Å²) in [5.41, 5.74) is 2.23. The molecular formula is C17H26ClN5O. The Hall–Kier alpha value is -1.92. The maximum atomic E-state index is 12.2. The third kappa shape index (κ3) is 6.29. The van der Waals surface area contributed by atoms with Gasteiger partial charge in [0.15, 0.2) is 5.69 Å². The lowest BCUT2D eigenvalue weighted by molar-refractivity contribution is 0.102. The van der Waals surface area contributed by atoms with Crippen LogP contribution in [-0.2, 0) is 13.1 Å². The van der Waals surface area contributed by atoms with Crippen molar-refractivity contribution < 1.29 is 4.79 Å². The van der Waals surface area contributed by atoms with E-state index >= 15 is 0 Å². The van der Waals surface area contributed by atoms with Gasteiger partial charge in [-0.05, 0) is 36.6 Å². The van der Waals surface area contributed by atoms with Crippen molar-refractivity contribution in [3.05, 3.63) is 41.7 Å². The van der Waals surface area contributed by atoms with E-state index in [0.29, 0.717) is 11.6 Å². The van der Waals surface area contributed by atoms with Crippen LogP contribution in [0.3, 0.4) is 0 Å². The number of nitrogens with one attached hydrogen (secondary N) is 2. The molecule has 0 aliphatic carbocycles. The zero-order valence-corrected chi connectivity index (χ0v) is 15.3. The lowest BCUT2D eigenvalue weighted by atomic mass is 10.1. The van der Waals surface area contributed by atoms with Crippen LogP contribution in [0, 0.1) is 5.92 Å². The zero-order chi connectivity index (χ0) is 16.7. The van der Waals surface area contributed by atoms with Gasteiger partial charge in [0.25, 0.3) is 5.91 Å². The lowest BCUT2D eigenvalue weighted by Gasteiger charge is -2.06. The highest BCUT2D eigenvalue weighted by Gasteiger charge is 2.11. The van der Waals surface area contributed by atoms with E-state index in [1.807, 2.05) is 24.3 Å². The molecular weight excluding hydrogens is 326 g/mol. The first-order valence-corrected chi connectivity index (χ1v) is 8.09. The molecule has 0 unspecified atom stereocenters. The van der Waals surface area contributed by atoms with Crippen molar-refractivity contribution in [1.82, 2.24) is 20.3 Å². The number of rotatable bonds is 8. The number of halogens is 1. The highest BCUT2D eigenvalue weighted by molar-refractivity contribution is 6.02. The van der Waals surface area contributed by atoms with Crippen LogP contribution in [0.15, 0.2) is 30.5 Å². The van der Waals surface area contributed by atoms with Gasteiger partial charge in [0.2, 0.25) is 0 Å². The summed E-state index contributed by atoms with van der Waals surface area (Å²) < 4.78 is 1.72. The van der Waals surface area contributed by atoms with Crippen LogP contribution in [0.2, 0.25) is 0 Å². The Morgan fingerprint density at radius 3 is 2.83 bits per heavy atom. The largest absolute Gasteiger partial charge is 0.321 e. The number of aryl methyl sites for hydroxylation is 1. The van der Waals surface area contributed by atoms with E-state index in [9.17, 15) is 4.79 Å². The van der Waals surface area contributed by atoms with Crippen LogP contribution >= 0.6 is 12.4 Å². The average molecular weight is 352 g/mol. The fourth-order valence-corrected chi connectivity index (χ4v) is 2.13. The van der Waals surface area contributed by atoms with Crippen molar-refractivity contribution in [3.8, 4) is 0 Å². The summed E-state index contributed by atoms with van der Waals surface area (Å²) in [6.07, 6.45) is 2.71. The third-order valence-corrected chi connectivity index (χ3v) is 3.47. The van der Waals surface area contributed by atoms with Crippen LogP contribution in [0.25, 0.3) is 0 Å². The molecule has 24 heavy (non-hydrogen) atoms. The summed E-state index contributed by atoms with van der Waals surface area (Å²) in [5, 5.41) is 14.1. The number of carbonyl (C=O) groups is 1. The molecule has 0 atom stereocenters. The quantitative estimate of drug-likeness (QED) is 0.766. The monoisotopic (exact) mass is 351 g/mol. The van der Waals surface area contributed by atoms with Crippen LogP contribution in [-0.4, -0.2) is 27.4 Å². The van der Waals surface area contributed by atoms with Gasteiger partial charge in [0, 0.05) is 18.8 Å². The van der Waals surface area contributed by atoms with Crippen LogP contribution in [0.5, 0.6) is 0 Å². The number of benzene rings is 1. The first-order valence-electron chi connectivity index (χ1n) is 8.09. The Labute approximate surface area is 149 Å². The predicted molar refractivity (Wildman–Crippen MR) is 98.5 cm³/mol. The highest BCUT2D eigenvalue weighted by Crippen LogP contribution is 2.12. The van der Waals surface area contributed by atoms with Gasteiger partial charge in [-0.3, -0.25) is 9.48 Å². The van der Waals surface area contributed by atoms with E-state index in [-0.39, 0.29) is 18.3 Å². The van der Waals surface area contributed by atoms with E-state index < -0.39 is 0 Å². The number of hydrogen-bond donors (Lipinski definition) is 2. The van der Waals surface area contributed by atoms with Gasteiger partial charge in [-0.25, -0.2) is 0 Å². The fraction of sp³-hybridized carbons (Fsp3) is 0.471. The minimum Gasteiger partial charge on any atom is -0.321 e. The number of amides is 1. The van der Waals surface area contributed by atoms with Crippen LogP contribution in [0.1, 0.15) is 43.2 Å². The third-order valence-electron chi connectivity index (χ3n) is 3.47. The molecule has 0 spiro atoms. The van der Waals surface area contributed by atoms with Crippen LogP contribution in [0.4, 0.5) is 5.69 Å². The number of aromatic nitrogens is 3.